The number of aliphatic imine (C=N–C) groups is 1. The van der Waals surface area contributed by atoms with E-state index in [1.165, 1.54) is 0 Å². The fourth-order valence-corrected chi connectivity index (χ4v) is 3.58. The second-order valence-electron chi connectivity index (χ2n) is 7.36. The molecule has 3 N–H and O–H groups in total. The summed E-state index contributed by atoms with van der Waals surface area (Å²) in [6.45, 7) is 7.44. The Morgan fingerprint density at radius 1 is 1.43 bits per heavy atom. The summed E-state index contributed by atoms with van der Waals surface area (Å²) in [5.41, 5.74) is 6.16. The second-order valence-corrected chi connectivity index (χ2v) is 7.36. The van der Waals surface area contributed by atoms with Crippen LogP contribution in [0.15, 0.2) is 48.0 Å². The Morgan fingerprint density at radius 3 is 2.97 bits per heavy atom. The number of carbonyl (C=O) groups is 1. The maximum Gasteiger partial charge on any atom is 0.255 e. The van der Waals surface area contributed by atoms with Gasteiger partial charge in [0.05, 0.1) is 18.9 Å². The van der Waals surface area contributed by atoms with Crippen LogP contribution in [0.25, 0.3) is 0 Å². The van der Waals surface area contributed by atoms with Gasteiger partial charge in [-0.1, -0.05) is 19.1 Å². The lowest BCUT2D eigenvalue weighted by atomic mass is 9.93. The Bertz CT molecular complexity index is 827. The molecule has 1 saturated heterocycles. The van der Waals surface area contributed by atoms with Crippen molar-refractivity contribution in [1.29, 1.82) is 0 Å². The number of nitrogens with one attached hydrogen (secondary N) is 1. The number of hydrogen-bond acceptors (Lipinski definition) is 4. The summed E-state index contributed by atoms with van der Waals surface area (Å²) in [4.78, 5) is 22.3. The van der Waals surface area contributed by atoms with Crippen LogP contribution in [-0.2, 0) is 11.3 Å². The van der Waals surface area contributed by atoms with E-state index in [1.807, 2.05) is 43.0 Å². The van der Waals surface area contributed by atoms with Crippen molar-refractivity contribution in [2.24, 2.45) is 16.6 Å². The first-order chi connectivity index (χ1) is 14.1. The highest BCUT2D eigenvalue weighted by molar-refractivity contribution is 14.0. The third-order valence-corrected chi connectivity index (χ3v) is 5.15. The molecule has 1 fully saturated rings. The van der Waals surface area contributed by atoms with E-state index < -0.39 is 5.91 Å². The molecule has 0 aliphatic carbocycles. The molecule has 1 aromatic carbocycles. The molecule has 2 heterocycles. The van der Waals surface area contributed by atoms with Crippen molar-refractivity contribution in [1.82, 2.24) is 19.8 Å². The Labute approximate surface area is 194 Å². The summed E-state index contributed by atoms with van der Waals surface area (Å²) < 4.78 is 7.58. The number of likely N-dealkylation sites (tertiary alicyclic amines) is 1. The number of primary amides is 1. The highest BCUT2D eigenvalue weighted by Crippen LogP contribution is 2.27. The number of imidazole rings is 1. The summed E-state index contributed by atoms with van der Waals surface area (Å²) in [6.07, 6.45) is 6.86. The van der Waals surface area contributed by atoms with Crippen molar-refractivity contribution in [3.05, 3.63) is 48.5 Å². The topological polar surface area (TPSA) is 97.8 Å². The lowest BCUT2D eigenvalue weighted by molar-refractivity contribution is -0.119. The van der Waals surface area contributed by atoms with E-state index in [2.05, 4.69) is 33.6 Å². The van der Waals surface area contributed by atoms with Crippen LogP contribution in [0.5, 0.6) is 5.75 Å². The highest BCUT2D eigenvalue weighted by atomic mass is 127. The first-order valence-electron chi connectivity index (χ1n) is 10.1. The molecule has 1 aliphatic rings. The van der Waals surface area contributed by atoms with Crippen LogP contribution in [-0.4, -0.2) is 52.6 Å². The zero-order chi connectivity index (χ0) is 20.6. The van der Waals surface area contributed by atoms with Crippen molar-refractivity contribution < 1.29 is 9.53 Å². The van der Waals surface area contributed by atoms with Crippen molar-refractivity contribution in [3.63, 3.8) is 0 Å². The number of aromatic nitrogens is 2. The zero-order valence-corrected chi connectivity index (χ0v) is 19.9. The van der Waals surface area contributed by atoms with Crippen molar-refractivity contribution in [2.45, 2.75) is 32.9 Å². The second kappa shape index (κ2) is 11.8. The third-order valence-electron chi connectivity index (χ3n) is 5.15. The van der Waals surface area contributed by atoms with E-state index >= 15 is 0 Å². The number of ether oxygens (including phenoxy) is 1. The van der Waals surface area contributed by atoms with Crippen LogP contribution >= 0.6 is 24.0 Å². The van der Waals surface area contributed by atoms with Gasteiger partial charge in [0.1, 0.15) is 5.75 Å². The van der Waals surface area contributed by atoms with Crippen LogP contribution in [0.1, 0.15) is 31.9 Å². The average Bonchev–Trinajstić information content (AvgIpc) is 3.25. The van der Waals surface area contributed by atoms with Crippen LogP contribution in [0.3, 0.4) is 0 Å². The van der Waals surface area contributed by atoms with E-state index in [0.717, 1.165) is 37.6 Å². The number of piperidine rings is 1. The number of nitrogens with two attached hydrogens (primary N) is 1. The smallest absolute Gasteiger partial charge is 0.255 e. The Hall–Kier alpha value is -2.30. The maximum atomic E-state index is 10.9. The standard InChI is InChI=1S/C21H30N6O2.HI/c1-3-24-21(25-12-17-5-4-6-18(11-17)29-14-20(22)28)26-9-7-16(2)19(13-26)27-10-8-23-15-27;/h4-6,8,10-11,15-16,19H,3,7,9,12-14H2,1-2H3,(H2,22,28)(H,24,25);1H. The maximum absolute atomic E-state index is 10.9. The predicted molar refractivity (Wildman–Crippen MR) is 128 cm³/mol. The van der Waals surface area contributed by atoms with Gasteiger partial charge in [0, 0.05) is 32.0 Å². The van der Waals surface area contributed by atoms with Gasteiger partial charge in [0.15, 0.2) is 12.6 Å². The largest absolute Gasteiger partial charge is 0.484 e. The fraction of sp³-hybridized carbons (Fsp3) is 0.476. The number of amides is 1. The molecule has 1 aromatic heterocycles. The number of guanidine groups is 1. The zero-order valence-electron chi connectivity index (χ0n) is 17.5. The van der Waals surface area contributed by atoms with Gasteiger partial charge in [-0.2, -0.15) is 0 Å². The summed E-state index contributed by atoms with van der Waals surface area (Å²) in [6, 6.07) is 7.97. The summed E-state index contributed by atoms with van der Waals surface area (Å²) in [5, 5.41) is 3.42. The molecule has 1 aliphatic heterocycles. The van der Waals surface area contributed by atoms with E-state index in [4.69, 9.17) is 15.5 Å². The van der Waals surface area contributed by atoms with Crippen LogP contribution in [0.4, 0.5) is 0 Å². The summed E-state index contributed by atoms with van der Waals surface area (Å²) in [5.74, 6) is 1.62. The Balaban J connectivity index is 0.00000320. The van der Waals surface area contributed by atoms with Crippen LogP contribution < -0.4 is 15.8 Å². The molecule has 1 amide bonds. The van der Waals surface area contributed by atoms with E-state index in [9.17, 15) is 4.79 Å². The molecule has 2 aromatic rings. The third kappa shape index (κ3) is 6.61. The lowest BCUT2D eigenvalue weighted by Crippen LogP contribution is -2.49. The summed E-state index contributed by atoms with van der Waals surface area (Å²) in [7, 11) is 0. The van der Waals surface area contributed by atoms with Crippen molar-refractivity contribution in [2.75, 3.05) is 26.2 Å². The minimum Gasteiger partial charge on any atom is -0.484 e. The Morgan fingerprint density at radius 2 is 2.27 bits per heavy atom. The minimum atomic E-state index is -0.491. The van der Waals surface area contributed by atoms with Crippen LogP contribution in [0.2, 0.25) is 0 Å². The molecule has 2 atom stereocenters. The lowest BCUT2D eigenvalue weighted by Gasteiger charge is -2.39. The van der Waals surface area contributed by atoms with Gasteiger partial charge in [0.2, 0.25) is 0 Å². The number of benzene rings is 1. The van der Waals surface area contributed by atoms with Crippen molar-refractivity contribution >= 4 is 35.8 Å². The molecule has 9 heteroatoms. The number of rotatable bonds is 7. The number of halogens is 1. The van der Waals surface area contributed by atoms with Crippen molar-refractivity contribution in [3.8, 4) is 5.75 Å². The average molecular weight is 526 g/mol. The van der Waals surface area contributed by atoms with E-state index in [-0.39, 0.29) is 30.6 Å². The molecule has 0 bridgehead atoms. The minimum absolute atomic E-state index is 0. The SMILES string of the molecule is CCNC(=NCc1cccc(OCC(N)=O)c1)N1CCC(C)C(n2ccnc2)C1.I. The number of carbonyl (C=O) groups excluding carboxylic acids is 1. The molecule has 3 rings (SSSR count). The van der Waals surface area contributed by atoms with E-state index in [1.54, 1.807) is 0 Å². The quantitative estimate of drug-likeness (QED) is 0.328. The van der Waals surface area contributed by atoms with E-state index in [0.29, 0.717) is 24.3 Å². The molecular formula is C21H31IN6O2. The van der Waals surface area contributed by atoms with Crippen LogP contribution in [0, 0.1) is 5.92 Å². The predicted octanol–water partition coefficient (Wildman–Crippen LogP) is 2.41. The first kappa shape index (κ1) is 24.0. The fourth-order valence-electron chi connectivity index (χ4n) is 3.58. The molecule has 0 radical (unpaired) electrons. The molecule has 8 nitrogen and oxygen atoms in total. The number of hydrogen-bond donors (Lipinski definition) is 2. The first-order valence-corrected chi connectivity index (χ1v) is 10.1. The Kier molecular flexibility index (Phi) is 9.41. The molecule has 0 spiro atoms. The molecule has 164 valence electrons. The highest BCUT2D eigenvalue weighted by Gasteiger charge is 2.28. The molecule has 30 heavy (non-hydrogen) atoms. The van der Waals surface area contributed by atoms with Gasteiger partial charge in [0.25, 0.3) is 5.91 Å². The normalized spacial score (nSPS) is 19.1. The monoisotopic (exact) mass is 526 g/mol. The van der Waals surface area contributed by atoms with Gasteiger partial charge >= 0.3 is 0 Å². The van der Waals surface area contributed by atoms with Gasteiger partial charge < -0.3 is 25.3 Å². The number of nitrogens with zero attached hydrogens (tertiary/aromatic N) is 4. The summed E-state index contributed by atoms with van der Waals surface area (Å²) >= 11 is 0. The molecule has 2 unspecified atom stereocenters. The van der Waals surface area contributed by atoms with Gasteiger partial charge in [-0.25, -0.2) is 9.98 Å². The van der Waals surface area contributed by atoms with Gasteiger partial charge in [-0.15, -0.1) is 24.0 Å². The molecular weight excluding hydrogens is 495 g/mol. The molecule has 0 saturated carbocycles. The van der Waals surface area contributed by atoms with Gasteiger partial charge in [-0.3, -0.25) is 4.79 Å². The van der Waals surface area contributed by atoms with Gasteiger partial charge in [-0.05, 0) is 37.0 Å².